The van der Waals surface area contributed by atoms with Gasteiger partial charge in [0.25, 0.3) is 0 Å². The van der Waals surface area contributed by atoms with Crippen molar-refractivity contribution < 1.29 is 15.0 Å². The number of aliphatic hydroxyl groups is 2. The van der Waals surface area contributed by atoms with E-state index in [1.165, 1.54) is 5.57 Å². The van der Waals surface area contributed by atoms with E-state index in [-0.39, 0.29) is 23.5 Å². The molecule has 4 aliphatic rings. The highest BCUT2D eigenvalue weighted by molar-refractivity contribution is 5.92. The lowest BCUT2D eigenvalue weighted by atomic mass is 9.50. The Kier molecular flexibility index (Phi) is 3.31. The summed E-state index contributed by atoms with van der Waals surface area (Å²) in [6.45, 7) is 2.17. The molecule has 0 radical (unpaired) electrons. The predicted octanol–water partition coefficient (Wildman–Crippen LogP) is 2.46. The van der Waals surface area contributed by atoms with E-state index in [0.29, 0.717) is 24.2 Å². The van der Waals surface area contributed by atoms with E-state index in [2.05, 4.69) is 12.8 Å². The summed E-state index contributed by atoms with van der Waals surface area (Å²) in [5.74, 6) is 4.31. The number of aliphatic hydroxyl groups excluding tert-OH is 1. The van der Waals surface area contributed by atoms with Gasteiger partial charge in [0, 0.05) is 17.8 Å². The van der Waals surface area contributed by atoms with E-state index >= 15 is 0 Å². The van der Waals surface area contributed by atoms with E-state index in [0.717, 1.165) is 32.1 Å². The van der Waals surface area contributed by atoms with Crippen LogP contribution in [-0.4, -0.2) is 27.7 Å². The van der Waals surface area contributed by atoms with E-state index in [1.807, 2.05) is 0 Å². The molecular weight excluding hydrogens is 288 g/mol. The molecule has 0 unspecified atom stereocenters. The first-order chi connectivity index (χ1) is 10.9. The van der Waals surface area contributed by atoms with Crippen molar-refractivity contribution in [1.82, 2.24) is 0 Å². The third-order valence-corrected chi connectivity index (χ3v) is 7.71. The molecule has 0 aromatic heterocycles. The second-order valence-corrected chi connectivity index (χ2v) is 8.46. The summed E-state index contributed by atoms with van der Waals surface area (Å²) in [5, 5.41) is 21.4. The van der Waals surface area contributed by atoms with Crippen LogP contribution >= 0.6 is 0 Å². The molecule has 4 rings (SSSR count). The molecule has 0 aromatic carbocycles. The van der Waals surface area contributed by atoms with Crippen LogP contribution in [0.1, 0.15) is 51.9 Å². The Balaban J connectivity index is 1.68. The number of carbonyl (C=O) groups is 1. The Morgan fingerprint density at radius 2 is 2.04 bits per heavy atom. The zero-order valence-corrected chi connectivity index (χ0v) is 13.8. The molecule has 2 N–H and O–H groups in total. The average Bonchev–Trinajstić information content (AvgIpc) is 2.79. The molecule has 0 aromatic rings. The van der Waals surface area contributed by atoms with Crippen molar-refractivity contribution in [3.8, 4) is 12.3 Å². The Labute approximate surface area is 138 Å². The number of carbonyl (C=O) groups excluding carboxylic acids is 1. The van der Waals surface area contributed by atoms with Crippen LogP contribution in [0.2, 0.25) is 0 Å². The molecule has 3 heteroatoms. The van der Waals surface area contributed by atoms with Crippen molar-refractivity contribution in [2.45, 2.75) is 63.6 Å². The minimum absolute atomic E-state index is 0.0745. The molecule has 7 atom stereocenters. The zero-order chi connectivity index (χ0) is 16.4. The summed E-state index contributed by atoms with van der Waals surface area (Å²) in [6, 6.07) is 0. The van der Waals surface area contributed by atoms with Gasteiger partial charge in [-0.25, -0.2) is 0 Å². The average molecular weight is 314 g/mol. The van der Waals surface area contributed by atoms with E-state index in [4.69, 9.17) is 6.42 Å². The first-order valence-electron chi connectivity index (χ1n) is 9.01. The Bertz CT molecular complexity index is 615. The first kappa shape index (κ1) is 15.4. The van der Waals surface area contributed by atoms with Gasteiger partial charge in [0.1, 0.15) is 5.60 Å². The molecule has 0 saturated heterocycles. The highest BCUT2D eigenvalue weighted by Crippen LogP contribution is 2.64. The summed E-state index contributed by atoms with van der Waals surface area (Å²) in [6.07, 6.45) is 12.8. The van der Waals surface area contributed by atoms with Gasteiger partial charge in [-0.2, -0.15) is 0 Å². The second-order valence-electron chi connectivity index (χ2n) is 8.46. The van der Waals surface area contributed by atoms with Crippen LogP contribution in [0, 0.1) is 41.4 Å². The largest absolute Gasteiger partial charge is 0.392 e. The summed E-state index contributed by atoms with van der Waals surface area (Å²) in [4.78, 5) is 11.8. The molecular formula is C20H26O3. The number of fused-ring (bicyclic) bond motifs is 5. The zero-order valence-electron chi connectivity index (χ0n) is 13.8. The molecule has 23 heavy (non-hydrogen) atoms. The van der Waals surface area contributed by atoms with Crippen molar-refractivity contribution in [2.24, 2.45) is 29.1 Å². The SMILES string of the molecule is C#C[C@]1(O)CC[C@H]2[C@@H]3CCC4=CC(=O)C[C@H](O)[C@@H]4[C@H]3CC[C@@]21C. The van der Waals surface area contributed by atoms with Crippen LogP contribution in [0.4, 0.5) is 0 Å². The molecule has 3 nitrogen and oxygen atoms in total. The maximum atomic E-state index is 11.8. The standard InChI is InChI=1S/C20H26O3/c1-3-20(23)9-7-16-14-5-4-12-10-13(21)11-17(22)18(12)15(14)6-8-19(16,20)2/h1,10,14-18,22-23H,4-9,11H2,2H3/t14-,15+,16+,17+,18+,19+,20+/m1/s1. The van der Waals surface area contributed by atoms with Gasteiger partial charge in [-0.3, -0.25) is 4.79 Å². The van der Waals surface area contributed by atoms with Crippen molar-refractivity contribution in [1.29, 1.82) is 0 Å². The van der Waals surface area contributed by atoms with Crippen LogP contribution in [0.15, 0.2) is 11.6 Å². The lowest BCUT2D eigenvalue weighted by molar-refractivity contribution is -0.122. The van der Waals surface area contributed by atoms with Gasteiger partial charge in [0.15, 0.2) is 5.78 Å². The number of hydrogen-bond acceptors (Lipinski definition) is 3. The van der Waals surface area contributed by atoms with Crippen LogP contribution in [-0.2, 0) is 4.79 Å². The molecule has 0 aliphatic heterocycles. The minimum atomic E-state index is -0.972. The van der Waals surface area contributed by atoms with Gasteiger partial charge in [-0.1, -0.05) is 18.4 Å². The van der Waals surface area contributed by atoms with Gasteiger partial charge in [-0.05, 0) is 62.4 Å². The molecule has 124 valence electrons. The van der Waals surface area contributed by atoms with Gasteiger partial charge < -0.3 is 10.2 Å². The highest BCUT2D eigenvalue weighted by atomic mass is 16.3. The summed E-state index contributed by atoms with van der Waals surface area (Å²) >= 11 is 0. The van der Waals surface area contributed by atoms with Crippen molar-refractivity contribution in [3.05, 3.63) is 11.6 Å². The minimum Gasteiger partial charge on any atom is -0.392 e. The maximum absolute atomic E-state index is 11.8. The molecule has 3 saturated carbocycles. The summed E-state index contributed by atoms with van der Waals surface area (Å²) < 4.78 is 0. The monoisotopic (exact) mass is 314 g/mol. The van der Waals surface area contributed by atoms with Gasteiger partial charge in [0.2, 0.25) is 0 Å². The topological polar surface area (TPSA) is 57.5 Å². The molecule has 3 fully saturated rings. The fraction of sp³-hybridized carbons (Fsp3) is 0.750. The van der Waals surface area contributed by atoms with Crippen LogP contribution < -0.4 is 0 Å². The van der Waals surface area contributed by atoms with Crippen molar-refractivity contribution in [2.75, 3.05) is 0 Å². The van der Waals surface area contributed by atoms with Crippen molar-refractivity contribution >= 4 is 5.78 Å². The Morgan fingerprint density at radius 1 is 1.26 bits per heavy atom. The molecule has 0 amide bonds. The molecule has 0 spiro atoms. The molecule has 4 aliphatic carbocycles. The summed E-state index contributed by atoms with van der Waals surface area (Å²) in [5.41, 5.74) is 0.00301. The quantitative estimate of drug-likeness (QED) is 0.675. The number of rotatable bonds is 0. The van der Waals surface area contributed by atoms with Crippen molar-refractivity contribution in [3.63, 3.8) is 0 Å². The maximum Gasteiger partial charge on any atom is 0.158 e. The van der Waals surface area contributed by atoms with E-state index in [9.17, 15) is 15.0 Å². The van der Waals surface area contributed by atoms with Gasteiger partial charge in [-0.15, -0.1) is 6.42 Å². The fourth-order valence-corrected chi connectivity index (χ4v) is 6.51. The number of terminal acetylenes is 1. The predicted molar refractivity (Wildman–Crippen MR) is 87.3 cm³/mol. The van der Waals surface area contributed by atoms with Crippen LogP contribution in [0.25, 0.3) is 0 Å². The second kappa shape index (κ2) is 4.94. The lowest BCUT2D eigenvalue weighted by Gasteiger charge is -2.55. The molecule has 0 bridgehead atoms. The summed E-state index contributed by atoms with van der Waals surface area (Å²) in [7, 11) is 0. The van der Waals surface area contributed by atoms with Crippen LogP contribution in [0.3, 0.4) is 0 Å². The van der Waals surface area contributed by atoms with Crippen LogP contribution in [0.5, 0.6) is 0 Å². The van der Waals surface area contributed by atoms with E-state index in [1.54, 1.807) is 6.08 Å². The third-order valence-electron chi connectivity index (χ3n) is 7.71. The smallest absolute Gasteiger partial charge is 0.158 e. The van der Waals surface area contributed by atoms with Gasteiger partial charge >= 0.3 is 0 Å². The normalized spacial score (nSPS) is 52.0. The van der Waals surface area contributed by atoms with Gasteiger partial charge in [0.05, 0.1) is 6.10 Å². The Hall–Kier alpha value is -1.11. The molecule has 0 heterocycles. The number of ketones is 1. The first-order valence-corrected chi connectivity index (χ1v) is 9.01. The Morgan fingerprint density at radius 3 is 2.78 bits per heavy atom. The van der Waals surface area contributed by atoms with E-state index < -0.39 is 11.7 Å². The lowest BCUT2D eigenvalue weighted by Crippen LogP contribution is -2.53. The highest BCUT2D eigenvalue weighted by Gasteiger charge is 2.62. The number of hydrogen-bond donors (Lipinski definition) is 2. The fourth-order valence-electron chi connectivity index (χ4n) is 6.51. The third kappa shape index (κ3) is 1.95.